The molecule has 6 heteroatoms. The molecule has 3 N–H and O–H groups in total. The molecule has 6 nitrogen and oxygen atoms in total. The van der Waals surface area contributed by atoms with Crippen LogP contribution in [0, 0.1) is 0 Å². The molecular weight excluding hydrogens is 236 g/mol. The largest absolute Gasteiger partial charge is 0.444 e. The van der Waals surface area contributed by atoms with Gasteiger partial charge in [-0.05, 0) is 27.7 Å². The molecule has 0 rings (SSSR count). The molecule has 0 aromatic heterocycles. The van der Waals surface area contributed by atoms with Gasteiger partial charge in [0.05, 0.1) is 19.8 Å². The second kappa shape index (κ2) is 9.13. The molecule has 0 spiro atoms. The summed E-state index contributed by atoms with van der Waals surface area (Å²) in [6.45, 7) is 9.54. The predicted octanol–water partition coefficient (Wildman–Crippen LogP) is 0.498. The zero-order valence-electron chi connectivity index (χ0n) is 11.8. The van der Waals surface area contributed by atoms with Crippen molar-refractivity contribution in [1.82, 2.24) is 10.6 Å². The highest BCUT2D eigenvalue weighted by atomic mass is 16.6. The van der Waals surface area contributed by atoms with E-state index < -0.39 is 11.7 Å². The van der Waals surface area contributed by atoms with Crippen molar-refractivity contribution < 1.29 is 19.4 Å². The van der Waals surface area contributed by atoms with E-state index in [1.165, 1.54) is 0 Å². The van der Waals surface area contributed by atoms with Crippen LogP contribution in [0.3, 0.4) is 0 Å². The van der Waals surface area contributed by atoms with Crippen molar-refractivity contribution in [3.8, 4) is 0 Å². The van der Waals surface area contributed by atoms with E-state index in [0.29, 0.717) is 26.3 Å². The molecule has 0 radical (unpaired) electrons. The molecule has 0 saturated heterocycles. The van der Waals surface area contributed by atoms with Crippen LogP contribution in [0.25, 0.3) is 0 Å². The smallest absolute Gasteiger partial charge is 0.407 e. The Morgan fingerprint density at radius 1 is 1.33 bits per heavy atom. The van der Waals surface area contributed by atoms with Crippen molar-refractivity contribution in [2.75, 3.05) is 32.9 Å². The van der Waals surface area contributed by atoms with Gasteiger partial charge in [0.1, 0.15) is 5.60 Å². The third-order valence-electron chi connectivity index (χ3n) is 1.93. The number of rotatable bonds is 8. The van der Waals surface area contributed by atoms with Crippen LogP contribution in [-0.2, 0) is 9.47 Å². The predicted molar refractivity (Wildman–Crippen MR) is 69.6 cm³/mol. The van der Waals surface area contributed by atoms with Crippen LogP contribution in [0.1, 0.15) is 27.7 Å². The maximum Gasteiger partial charge on any atom is 0.407 e. The van der Waals surface area contributed by atoms with Crippen LogP contribution >= 0.6 is 0 Å². The topological polar surface area (TPSA) is 79.8 Å². The van der Waals surface area contributed by atoms with Crippen LogP contribution in [0.4, 0.5) is 4.79 Å². The highest BCUT2D eigenvalue weighted by molar-refractivity contribution is 5.67. The molecule has 0 bridgehead atoms. The van der Waals surface area contributed by atoms with Gasteiger partial charge in [0.25, 0.3) is 0 Å². The highest BCUT2D eigenvalue weighted by Gasteiger charge is 2.16. The van der Waals surface area contributed by atoms with E-state index >= 15 is 0 Å². The van der Waals surface area contributed by atoms with Crippen molar-refractivity contribution >= 4 is 6.09 Å². The van der Waals surface area contributed by atoms with E-state index in [1.54, 1.807) is 0 Å². The van der Waals surface area contributed by atoms with Gasteiger partial charge in [-0.25, -0.2) is 4.79 Å². The van der Waals surface area contributed by atoms with Crippen molar-refractivity contribution in [1.29, 1.82) is 0 Å². The summed E-state index contributed by atoms with van der Waals surface area (Å²) in [6.07, 6.45) is -0.410. The lowest BCUT2D eigenvalue weighted by molar-refractivity contribution is 0.0522. The summed E-state index contributed by atoms with van der Waals surface area (Å²) < 4.78 is 10.2. The number of hydrogen-bond acceptors (Lipinski definition) is 5. The van der Waals surface area contributed by atoms with Crippen molar-refractivity contribution in [3.63, 3.8) is 0 Å². The van der Waals surface area contributed by atoms with Gasteiger partial charge in [-0.2, -0.15) is 0 Å². The van der Waals surface area contributed by atoms with Gasteiger partial charge in [-0.1, -0.05) is 0 Å². The monoisotopic (exact) mass is 262 g/mol. The molecule has 0 heterocycles. The molecule has 0 aliphatic carbocycles. The van der Waals surface area contributed by atoms with E-state index in [4.69, 9.17) is 14.6 Å². The van der Waals surface area contributed by atoms with Crippen LogP contribution in [0.15, 0.2) is 0 Å². The quantitative estimate of drug-likeness (QED) is 0.555. The number of carbonyl (C=O) groups is 1. The van der Waals surface area contributed by atoms with Gasteiger partial charge in [0.2, 0.25) is 0 Å². The number of nitrogens with one attached hydrogen (secondary N) is 2. The Bertz CT molecular complexity index is 229. The standard InChI is InChI=1S/C12H26N2O4/c1-10(13-5-7-17-8-6-15)9-14-11(16)18-12(2,3)4/h10,13,15H,5-9H2,1-4H3,(H,14,16). The molecule has 1 amide bonds. The van der Waals surface area contributed by atoms with E-state index in [-0.39, 0.29) is 12.6 Å². The Balaban J connectivity index is 3.52. The minimum absolute atomic E-state index is 0.0375. The molecule has 0 aliphatic rings. The molecule has 0 aromatic carbocycles. The minimum Gasteiger partial charge on any atom is -0.444 e. The Labute approximate surface area is 109 Å². The fourth-order valence-electron chi connectivity index (χ4n) is 1.17. The lowest BCUT2D eigenvalue weighted by Gasteiger charge is -2.21. The summed E-state index contributed by atoms with van der Waals surface area (Å²) in [7, 11) is 0. The van der Waals surface area contributed by atoms with E-state index in [1.807, 2.05) is 27.7 Å². The Kier molecular flexibility index (Phi) is 8.70. The first-order chi connectivity index (χ1) is 8.35. The second-order valence-corrected chi connectivity index (χ2v) is 5.07. The Morgan fingerprint density at radius 2 is 2.00 bits per heavy atom. The number of carbonyl (C=O) groups excluding carboxylic acids is 1. The van der Waals surface area contributed by atoms with Crippen LogP contribution < -0.4 is 10.6 Å². The molecule has 0 fully saturated rings. The van der Waals surface area contributed by atoms with Crippen molar-refractivity contribution in [2.24, 2.45) is 0 Å². The molecule has 0 aliphatic heterocycles. The van der Waals surface area contributed by atoms with Crippen LogP contribution in [-0.4, -0.2) is 55.8 Å². The van der Waals surface area contributed by atoms with Gasteiger partial charge in [-0.15, -0.1) is 0 Å². The van der Waals surface area contributed by atoms with Crippen LogP contribution in [0.2, 0.25) is 0 Å². The van der Waals surface area contributed by atoms with E-state index in [0.717, 1.165) is 0 Å². The first-order valence-electron chi connectivity index (χ1n) is 6.24. The zero-order valence-corrected chi connectivity index (χ0v) is 11.8. The Morgan fingerprint density at radius 3 is 2.56 bits per heavy atom. The fraction of sp³-hybridized carbons (Fsp3) is 0.917. The van der Waals surface area contributed by atoms with Crippen molar-refractivity contribution in [2.45, 2.75) is 39.3 Å². The van der Waals surface area contributed by atoms with Gasteiger partial charge in [0, 0.05) is 19.1 Å². The third kappa shape index (κ3) is 11.6. The summed E-state index contributed by atoms with van der Waals surface area (Å²) in [4.78, 5) is 11.4. The SMILES string of the molecule is CC(CNC(=O)OC(C)(C)C)NCCOCCO. The molecule has 108 valence electrons. The van der Waals surface area contributed by atoms with Crippen LogP contribution in [0.5, 0.6) is 0 Å². The summed E-state index contributed by atoms with van der Waals surface area (Å²) in [6, 6.07) is 0.134. The number of amides is 1. The fourth-order valence-corrected chi connectivity index (χ4v) is 1.17. The average molecular weight is 262 g/mol. The first kappa shape index (κ1) is 17.2. The molecule has 18 heavy (non-hydrogen) atoms. The minimum atomic E-state index is -0.473. The van der Waals surface area contributed by atoms with Gasteiger partial charge in [0.15, 0.2) is 0 Å². The van der Waals surface area contributed by atoms with Gasteiger partial charge >= 0.3 is 6.09 Å². The molecule has 0 saturated carbocycles. The third-order valence-corrected chi connectivity index (χ3v) is 1.93. The summed E-state index contributed by atoms with van der Waals surface area (Å²) >= 11 is 0. The number of ether oxygens (including phenoxy) is 2. The summed E-state index contributed by atoms with van der Waals surface area (Å²) in [5.41, 5.74) is -0.473. The number of alkyl carbamates (subject to hydrolysis) is 1. The maximum absolute atomic E-state index is 11.4. The van der Waals surface area contributed by atoms with E-state index in [9.17, 15) is 4.79 Å². The molecule has 1 unspecified atom stereocenters. The number of hydrogen-bond donors (Lipinski definition) is 3. The summed E-state index contributed by atoms with van der Waals surface area (Å²) in [5.74, 6) is 0. The summed E-state index contributed by atoms with van der Waals surface area (Å²) in [5, 5.41) is 14.4. The normalized spacial score (nSPS) is 13.2. The second-order valence-electron chi connectivity index (χ2n) is 5.07. The molecule has 1 atom stereocenters. The molecule has 0 aromatic rings. The zero-order chi connectivity index (χ0) is 14.0. The Hall–Kier alpha value is -0.850. The molecular formula is C12H26N2O4. The van der Waals surface area contributed by atoms with Crippen molar-refractivity contribution in [3.05, 3.63) is 0 Å². The maximum atomic E-state index is 11.4. The van der Waals surface area contributed by atoms with Gasteiger partial charge < -0.3 is 25.2 Å². The van der Waals surface area contributed by atoms with Gasteiger partial charge in [-0.3, -0.25) is 0 Å². The first-order valence-corrected chi connectivity index (χ1v) is 6.24. The van der Waals surface area contributed by atoms with E-state index in [2.05, 4.69) is 10.6 Å². The average Bonchev–Trinajstić information content (AvgIpc) is 2.24. The number of aliphatic hydroxyl groups is 1. The number of aliphatic hydroxyl groups excluding tert-OH is 1. The lowest BCUT2D eigenvalue weighted by Crippen LogP contribution is -2.42. The highest BCUT2D eigenvalue weighted by Crippen LogP contribution is 2.06. The lowest BCUT2D eigenvalue weighted by atomic mass is 10.2.